The molecule has 2 heterocycles. The minimum absolute atomic E-state index is 0.0950. The molecule has 1 aromatic carbocycles. The first-order valence-corrected chi connectivity index (χ1v) is 18.5. The molecule has 48 heavy (non-hydrogen) atoms. The van der Waals surface area contributed by atoms with Crippen molar-refractivity contribution < 1.29 is 9.53 Å². The predicted octanol–water partition coefficient (Wildman–Crippen LogP) is 6.10. The number of nitrogens with one attached hydrogen (secondary N) is 1. The Labute approximate surface area is 290 Å². The number of aromatic nitrogens is 4. The number of likely N-dealkylation sites (N-methyl/N-ethyl adjacent to an activating group) is 1. The highest BCUT2D eigenvalue weighted by atomic mass is 16.5. The fraction of sp³-hybridized carbons (Fsp3) is 0.658. The number of esters is 1. The summed E-state index contributed by atoms with van der Waals surface area (Å²) in [7, 11) is 2.04. The Hall–Kier alpha value is -3.05. The van der Waals surface area contributed by atoms with Crippen molar-refractivity contribution in [3.8, 4) is 0 Å². The first-order chi connectivity index (χ1) is 23.4. The third-order valence-electron chi connectivity index (χ3n) is 9.20. The zero-order valence-corrected chi connectivity index (χ0v) is 30.9. The third kappa shape index (κ3) is 14.2. The van der Waals surface area contributed by atoms with E-state index in [0.29, 0.717) is 26.1 Å². The van der Waals surface area contributed by atoms with Crippen molar-refractivity contribution in [2.75, 3.05) is 52.4 Å². The molecular formula is C38H64N8O2. The molecule has 0 spiro atoms. The zero-order valence-electron chi connectivity index (χ0n) is 30.9. The molecule has 0 fully saturated rings. The Morgan fingerprint density at radius 1 is 0.792 bits per heavy atom. The highest BCUT2D eigenvalue weighted by Crippen LogP contribution is 2.15. The average Bonchev–Trinajstić information content (AvgIpc) is 3.76. The lowest BCUT2D eigenvalue weighted by molar-refractivity contribution is -0.145. The van der Waals surface area contributed by atoms with Crippen LogP contribution in [0.1, 0.15) is 95.9 Å². The summed E-state index contributed by atoms with van der Waals surface area (Å²) < 4.78 is 7.87. The van der Waals surface area contributed by atoms with E-state index in [-0.39, 0.29) is 12.0 Å². The summed E-state index contributed by atoms with van der Waals surface area (Å²) in [6.45, 7) is 21.7. The van der Waals surface area contributed by atoms with E-state index in [0.717, 1.165) is 70.3 Å². The molecule has 0 bridgehead atoms. The number of aromatic amines is 1. The number of nitrogens with zero attached hydrogens (tertiary/aromatic N) is 7. The van der Waals surface area contributed by atoms with Crippen molar-refractivity contribution in [1.82, 2.24) is 39.1 Å². The van der Waals surface area contributed by atoms with E-state index < -0.39 is 0 Å². The van der Waals surface area contributed by atoms with Crippen LogP contribution in [0.5, 0.6) is 0 Å². The lowest BCUT2D eigenvalue weighted by atomic mass is 10.1. The largest absolute Gasteiger partial charge is 0.464 e. The highest BCUT2D eigenvalue weighted by molar-refractivity contribution is 5.69. The maximum atomic E-state index is 12.9. The van der Waals surface area contributed by atoms with E-state index in [9.17, 15) is 4.79 Å². The number of benzene rings is 1. The first kappa shape index (κ1) is 39.4. The van der Waals surface area contributed by atoms with Crippen LogP contribution in [0.3, 0.4) is 0 Å². The van der Waals surface area contributed by atoms with Gasteiger partial charge in [0.05, 0.1) is 19.5 Å². The highest BCUT2D eigenvalue weighted by Gasteiger charge is 2.17. The van der Waals surface area contributed by atoms with Crippen molar-refractivity contribution in [2.24, 2.45) is 7.05 Å². The van der Waals surface area contributed by atoms with Crippen molar-refractivity contribution in [1.29, 1.82) is 0 Å². The second-order valence-electron chi connectivity index (χ2n) is 13.0. The number of carbonyl (C=O) groups is 1. The molecular weight excluding hydrogens is 600 g/mol. The minimum Gasteiger partial charge on any atom is -0.464 e. The molecule has 10 heteroatoms. The van der Waals surface area contributed by atoms with Crippen molar-refractivity contribution >= 4 is 5.97 Å². The smallest absolute Gasteiger partial charge is 0.307 e. The lowest BCUT2D eigenvalue weighted by Gasteiger charge is -2.28. The quantitative estimate of drug-likeness (QED) is 0.0814. The molecule has 1 atom stereocenters. The summed E-state index contributed by atoms with van der Waals surface area (Å²) in [5.74, 6) is 1.88. The summed E-state index contributed by atoms with van der Waals surface area (Å²) in [5.41, 5.74) is 2.51. The first-order valence-electron chi connectivity index (χ1n) is 18.5. The van der Waals surface area contributed by atoms with Gasteiger partial charge in [0.25, 0.3) is 0 Å². The Kier molecular flexibility index (Phi) is 18.5. The van der Waals surface area contributed by atoms with Crippen LogP contribution in [-0.4, -0.2) is 104 Å². The zero-order chi connectivity index (χ0) is 34.6. The van der Waals surface area contributed by atoms with Gasteiger partial charge in [-0.05, 0) is 82.5 Å². The lowest BCUT2D eigenvalue weighted by Crippen LogP contribution is -2.38. The molecule has 3 rings (SSSR count). The maximum absolute atomic E-state index is 12.9. The third-order valence-corrected chi connectivity index (χ3v) is 9.20. The number of unbranched alkanes of at least 4 members (excludes halogenated alkanes) is 1. The van der Waals surface area contributed by atoms with Gasteiger partial charge in [-0.3, -0.25) is 19.5 Å². The van der Waals surface area contributed by atoms with E-state index in [1.807, 2.05) is 25.6 Å². The van der Waals surface area contributed by atoms with Gasteiger partial charge in [-0.15, -0.1) is 0 Å². The van der Waals surface area contributed by atoms with E-state index in [1.54, 1.807) is 6.20 Å². The number of ether oxygens (including phenoxy) is 1. The molecule has 0 saturated heterocycles. The van der Waals surface area contributed by atoms with Gasteiger partial charge >= 0.3 is 5.97 Å². The summed E-state index contributed by atoms with van der Waals surface area (Å²) in [4.78, 5) is 34.9. The summed E-state index contributed by atoms with van der Waals surface area (Å²) in [6.07, 6.45) is 13.6. The molecule has 1 N–H and O–H groups in total. The van der Waals surface area contributed by atoms with Gasteiger partial charge in [-0.1, -0.05) is 58.9 Å². The summed E-state index contributed by atoms with van der Waals surface area (Å²) in [6, 6.07) is 9.24. The van der Waals surface area contributed by atoms with Crippen LogP contribution >= 0.6 is 0 Å². The number of carbonyl (C=O) groups excluding carboxylic acids is 1. The number of hydrogen-bond acceptors (Lipinski definition) is 8. The predicted molar refractivity (Wildman–Crippen MR) is 195 cm³/mol. The van der Waals surface area contributed by atoms with E-state index >= 15 is 0 Å². The standard InChI is InChI=1S/C38H64N8O2/c1-7-22-43(23-8-2)24-12-13-25-44(26-18-38(47)48-32-35(9-3)46(10-4)11-5)28-33-14-16-34(17-15-33)29-45(30-36-39-19-20-40-36)31-37-41-21-27-42(37)6/h14-17,19-21,27,35H,7-13,18,22-26,28-32H2,1-6H3,(H,39,40). The molecule has 268 valence electrons. The fourth-order valence-corrected chi connectivity index (χ4v) is 6.42. The minimum atomic E-state index is -0.0950. The van der Waals surface area contributed by atoms with E-state index in [4.69, 9.17) is 4.74 Å². The van der Waals surface area contributed by atoms with Crippen LogP contribution in [0.15, 0.2) is 49.1 Å². The van der Waals surface area contributed by atoms with E-state index in [1.165, 1.54) is 43.5 Å². The van der Waals surface area contributed by atoms with Gasteiger partial charge in [-0.25, -0.2) is 9.97 Å². The maximum Gasteiger partial charge on any atom is 0.307 e. The van der Waals surface area contributed by atoms with Gasteiger partial charge in [0.2, 0.25) is 0 Å². The van der Waals surface area contributed by atoms with Crippen LogP contribution < -0.4 is 0 Å². The number of rotatable bonds is 26. The van der Waals surface area contributed by atoms with Gasteiger partial charge < -0.3 is 19.2 Å². The Morgan fingerprint density at radius 2 is 1.44 bits per heavy atom. The van der Waals surface area contributed by atoms with Crippen LogP contribution in [0, 0.1) is 0 Å². The van der Waals surface area contributed by atoms with Crippen LogP contribution in [0.25, 0.3) is 0 Å². The molecule has 0 aliphatic rings. The molecule has 2 aromatic heterocycles. The topological polar surface area (TPSA) is 85.8 Å². The number of H-pyrrole nitrogens is 1. The Balaban J connectivity index is 1.61. The molecule has 10 nitrogen and oxygen atoms in total. The molecule has 1 unspecified atom stereocenters. The molecule has 0 aliphatic carbocycles. The second kappa shape index (κ2) is 22.6. The average molecular weight is 665 g/mol. The molecule has 0 aliphatic heterocycles. The van der Waals surface area contributed by atoms with Crippen LogP contribution in [0.4, 0.5) is 0 Å². The number of aryl methyl sites for hydroxylation is 1. The number of imidazole rings is 2. The monoisotopic (exact) mass is 665 g/mol. The summed E-state index contributed by atoms with van der Waals surface area (Å²) in [5, 5.41) is 0. The summed E-state index contributed by atoms with van der Waals surface area (Å²) >= 11 is 0. The Bertz CT molecular complexity index is 1240. The fourth-order valence-electron chi connectivity index (χ4n) is 6.42. The van der Waals surface area contributed by atoms with Crippen LogP contribution in [-0.2, 0) is 42.8 Å². The SMILES string of the molecule is CCCN(CCC)CCCCN(CCC(=O)OCC(CC)N(CC)CC)Cc1ccc(CN(Cc2ncc[nH]2)Cc2nccn2C)cc1. The molecule has 0 amide bonds. The van der Waals surface area contributed by atoms with Crippen LogP contribution in [0.2, 0.25) is 0 Å². The molecule has 0 saturated carbocycles. The van der Waals surface area contributed by atoms with Gasteiger partial charge in [-0.2, -0.15) is 0 Å². The van der Waals surface area contributed by atoms with Crippen molar-refractivity contribution in [3.05, 3.63) is 71.8 Å². The van der Waals surface area contributed by atoms with Gasteiger partial charge in [0.1, 0.15) is 18.3 Å². The van der Waals surface area contributed by atoms with Gasteiger partial charge in [0, 0.05) is 57.5 Å². The van der Waals surface area contributed by atoms with E-state index in [2.05, 4.69) is 98.0 Å². The molecule has 3 aromatic rings. The molecule has 0 radical (unpaired) electrons. The number of hydrogen-bond donors (Lipinski definition) is 1. The normalized spacial score (nSPS) is 12.5. The second-order valence-corrected chi connectivity index (χ2v) is 13.0. The van der Waals surface area contributed by atoms with Crippen molar-refractivity contribution in [2.45, 2.75) is 105 Å². The van der Waals surface area contributed by atoms with Crippen molar-refractivity contribution in [3.63, 3.8) is 0 Å². The Morgan fingerprint density at radius 3 is 1.98 bits per heavy atom. The van der Waals surface area contributed by atoms with Gasteiger partial charge in [0.15, 0.2) is 0 Å².